The molecule has 0 radical (unpaired) electrons. The summed E-state index contributed by atoms with van der Waals surface area (Å²) in [5, 5.41) is 11.8. The largest absolute Gasteiger partial charge is 0.329 e. The Morgan fingerprint density at radius 1 is 1.23 bits per heavy atom. The van der Waals surface area contributed by atoms with Gasteiger partial charge < -0.3 is 5.32 Å². The van der Waals surface area contributed by atoms with Crippen LogP contribution in [0.2, 0.25) is 0 Å². The SMILES string of the molecule is Cc1cc(N2C(=O)NC(C)(CSc3ccc(F)cc3)C2=O)ccc1C#N. The molecule has 132 valence electrons. The number of hydrogen-bond donors (Lipinski definition) is 1. The minimum atomic E-state index is -1.07. The van der Waals surface area contributed by atoms with Gasteiger partial charge in [-0.05, 0) is 61.9 Å². The van der Waals surface area contributed by atoms with Crippen molar-refractivity contribution in [1.82, 2.24) is 5.32 Å². The molecule has 0 spiro atoms. The summed E-state index contributed by atoms with van der Waals surface area (Å²) in [5.74, 6) is -0.371. The Morgan fingerprint density at radius 3 is 2.54 bits per heavy atom. The topological polar surface area (TPSA) is 73.2 Å². The number of halogens is 1. The number of hydrogen-bond acceptors (Lipinski definition) is 4. The Hall–Kier alpha value is -2.85. The van der Waals surface area contributed by atoms with Gasteiger partial charge in [0, 0.05) is 10.6 Å². The number of nitriles is 1. The summed E-state index contributed by atoms with van der Waals surface area (Å²) >= 11 is 1.37. The van der Waals surface area contributed by atoms with E-state index in [2.05, 4.69) is 11.4 Å². The fraction of sp³-hybridized carbons (Fsp3) is 0.211. The number of rotatable bonds is 4. The molecule has 0 aliphatic carbocycles. The number of imide groups is 1. The summed E-state index contributed by atoms with van der Waals surface area (Å²) < 4.78 is 13.0. The van der Waals surface area contributed by atoms with E-state index in [4.69, 9.17) is 5.26 Å². The summed E-state index contributed by atoms with van der Waals surface area (Å²) in [7, 11) is 0. The molecule has 26 heavy (non-hydrogen) atoms. The lowest BCUT2D eigenvalue weighted by Gasteiger charge is -2.21. The van der Waals surface area contributed by atoms with E-state index in [1.807, 2.05) is 0 Å². The average Bonchev–Trinajstić information content (AvgIpc) is 2.83. The predicted octanol–water partition coefficient (Wildman–Crippen LogP) is 3.61. The number of aryl methyl sites for hydroxylation is 1. The number of amides is 3. The molecule has 0 aromatic heterocycles. The minimum absolute atomic E-state index is 0.314. The first-order valence-corrected chi connectivity index (χ1v) is 8.88. The zero-order chi connectivity index (χ0) is 18.9. The molecule has 2 aromatic carbocycles. The highest BCUT2D eigenvalue weighted by Gasteiger charge is 2.48. The number of urea groups is 1. The van der Waals surface area contributed by atoms with Crippen LogP contribution in [0.25, 0.3) is 0 Å². The van der Waals surface area contributed by atoms with E-state index in [9.17, 15) is 14.0 Å². The highest BCUT2D eigenvalue weighted by atomic mass is 32.2. The van der Waals surface area contributed by atoms with Gasteiger partial charge in [0.15, 0.2) is 0 Å². The van der Waals surface area contributed by atoms with Gasteiger partial charge >= 0.3 is 6.03 Å². The molecule has 5 nitrogen and oxygen atoms in total. The van der Waals surface area contributed by atoms with E-state index in [1.165, 1.54) is 23.9 Å². The van der Waals surface area contributed by atoms with E-state index in [-0.39, 0.29) is 11.7 Å². The Labute approximate surface area is 154 Å². The third kappa shape index (κ3) is 3.28. The summed E-state index contributed by atoms with van der Waals surface area (Å²) in [6, 6.07) is 12.4. The van der Waals surface area contributed by atoms with Crippen LogP contribution in [0.4, 0.5) is 14.9 Å². The lowest BCUT2D eigenvalue weighted by Crippen LogP contribution is -2.46. The maximum atomic E-state index is 13.0. The van der Waals surface area contributed by atoms with E-state index >= 15 is 0 Å². The van der Waals surface area contributed by atoms with Crippen LogP contribution in [-0.4, -0.2) is 23.2 Å². The third-order valence-corrected chi connectivity index (χ3v) is 5.52. The molecule has 1 aliphatic rings. The molecule has 1 unspecified atom stereocenters. The Balaban J connectivity index is 1.80. The van der Waals surface area contributed by atoms with E-state index in [1.54, 1.807) is 44.2 Å². The Bertz CT molecular complexity index is 923. The lowest BCUT2D eigenvalue weighted by molar-refractivity contribution is -0.120. The van der Waals surface area contributed by atoms with Crippen molar-refractivity contribution in [3.05, 3.63) is 59.4 Å². The first-order valence-electron chi connectivity index (χ1n) is 7.90. The Kier molecular flexibility index (Phi) is 4.70. The number of nitrogens with one attached hydrogen (secondary N) is 1. The summed E-state index contributed by atoms with van der Waals surface area (Å²) in [5.41, 5.74) is 0.549. The van der Waals surface area contributed by atoms with Gasteiger partial charge in [-0.15, -0.1) is 11.8 Å². The van der Waals surface area contributed by atoms with Crippen LogP contribution >= 0.6 is 11.8 Å². The highest BCUT2D eigenvalue weighted by Crippen LogP contribution is 2.31. The van der Waals surface area contributed by atoms with Gasteiger partial charge in [0.25, 0.3) is 5.91 Å². The molecule has 1 aliphatic heterocycles. The summed E-state index contributed by atoms with van der Waals surface area (Å²) in [6.07, 6.45) is 0. The number of carbonyl (C=O) groups excluding carboxylic acids is 2. The van der Waals surface area contributed by atoms with Crippen LogP contribution in [0.3, 0.4) is 0 Å². The third-order valence-electron chi connectivity index (χ3n) is 4.19. The van der Waals surface area contributed by atoms with Crippen LogP contribution in [0.5, 0.6) is 0 Å². The van der Waals surface area contributed by atoms with Crippen LogP contribution in [0.15, 0.2) is 47.4 Å². The molecule has 7 heteroatoms. The zero-order valence-corrected chi connectivity index (χ0v) is 15.1. The van der Waals surface area contributed by atoms with Gasteiger partial charge in [-0.1, -0.05) is 0 Å². The molecule has 2 aromatic rings. The molecular formula is C19H16FN3O2S. The van der Waals surface area contributed by atoms with Gasteiger partial charge in [-0.3, -0.25) is 4.79 Å². The van der Waals surface area contributed by atoms with Crippen molar-refractivity contribution < 1.29 is 14.0 Å². The van der Waals surface area contributed by atoms with Gasteiger partial charge in [0.2, 0.25) is 0 Å². The van der Waals surface area contributed by atoms with Gasteiger partial charge in [-0.2, -0.15) is 5.26 Å². The lowest BCUT2D eigenvalue weighted by atomic mass is 10.1. The molecule has 3 rings (SSSR count). The molecule has 1 N–H and O–H groups in total. The number of benzene rings is 2. The second kappa shape index (κ2) is 6.81. The standard InChI is InChI=1S/C19H16FN3O2S/c1-12-9-15(6-3-13(12)10-21)23-17(24)19(2,22-18(23)25)11-26-16-7-4-14(20)5-8-16/h3-9H,11H2,1-2H3,(H,22,25). The molecule has 1 saturated heterocycles. The zero-order valence-electron chi connectivity index (χ0n) is 14.2. The van der Waals surface area contributed by atoms with Gasteiger partial charge in [0.05, 0.1) is 17.3 Å². The molecule has 0 saturated carbocycles. The summed E-state index contributed by atoms with van der Waals surface area (Å²) in [6.45, 7) is 3.42. The van der Waals surface area contributed by atoms with E-state index in [0.717, 1.165) is 9.80 Å². The fourth-order valence-corrected chi connectivity index (χ4v) is 3.67. The normalized spacial score (nSPS) is 19.4. The molecule has 3 amide bonds. The maximum absolute atomic E-state index is 13.0. The van der Waals surface area contributed by atoms with Gasteiger partial charge in [-0.25, -0.2) is 14.1 Å². The van der Waals surface area contributed by atoms with Gasteiger partial charge in [0.1, 0.15) is 11.4 Å². The predicted molar refractivity (Wildman–Crippen MR) is 97.4 cm³/mol. The number of thioether (sulfide) groups is 1. The second-order valence-corrected chi connectivity index (χ2v) is 7.31. The quantitative estimate of drug-likeness (QED) is 0.660. The van der Waals surface area contributed by atoms with Crippen LogP contribution in [-0.2, 0) is 4.79 Å². The van der Waals surface area contributed by atoms with Crippen molar-refractivity contribution in [2.75, 3.05) is 10.7 Å². The average molecular weight is 369 g/mol. The van der Waals surface area contributed by atoms with Crippen molar-refractivity contribution in [1.29, 1.82) is 5.26 Å². The number of anilines is 1. The molecule has 1 atom stereocenters. The van der Waals surface area contributed by atoms with E-state index < -0.39 is 11.6 Å². The number of carbonyl (C=O) groups is 2. The fourth-order valence-electron chi connectivity index (χ4n) is 2.69. The minimum Gasteiger partial charge on any atom is -0.322 e. The van der Waals surface area contributed by atoms with Crippen molar-refractivity contribution in [2.45, 2.75) is 24.3 Å². The molecule has 0 bridgehead atoms. The monoisotopic (exact) mass is 369 g/mol. The maximum Gasteiger partial charge on any atom is 0.329 e. The summed E-state index contributed by atoms with van der Waals surface area (Å²) in [4.78, 5) is 27.2. The number of nitrogens with zero attached hydrogens (tertiary/aromatic N) is 2. The van der Waals surface area contributed by atoms with Crippen molar-refractivity contribution in [3.63, 3.8) is 0 Å². The van der Waals surface area contributed by atoms with Crippen molar-refractivity contribution in [3.8, 4) is 6.07 Å². The molecule has 1 heterocycles. The second-order valence-electron chi connectivity index (χ2n) is 6.26. The first kappa shape index (κ1) is 18.0. The molecule has 1 fully saturated rings. The van der Waals surface area contributed by atoms with Crippen LogP contribution in [0.1, 0.15) is 18.1 Å². The Morgan fingerprint density at radius 2 is 1.92 bits per heavy atom. The molecular weight excluding hydrogens is 353 g/mol. The van der Waals surface area contributed by atoms with Crippen LogP contribution in [0, 0.1) is 24.1 Å². The first-order chi connectivity index (χ1) is 12.3. The van der Waals surface area contributed by atoms with Crippen LogP contribution < -0.4 is 10.2 Å². The van der Waals surface area contributed by atoms with E-state index in [0.29, 0.717) is 22.6 Å². The smallest absolute Gasteiger partial charge is 0.322 e. The highest BCUT2D eigenvalue weighted by molar-refractivity contribution is 7.99. The van der Waals surface area contributed by atoms with Crippen molar-refractivity contribution in [2.24, 2.45) is 0 Å². The van der Waals surface area contributed by atoms with Crippen molar-refractivity contribution >= 4 is 29.4 Å².